The zero-order valence-electron chi connectivity index (χ0n) is 18.1. The van der Waals surface area contributed by atoms with Crippen LogP contribution >= 0.6 is 0 Å². The van der Waals surface area contributed by atoms with Gasteiger partial charge in [0.25, 0.3) is 0 Å². The van der Waals surface area contributed by atoms with Crippen molar-refractivity contribution in [1.82, 2.24) is 14.5 Å². The van der Waals surface area contributed by atoms with E-state index in [1.807, 2.05) is 48.7 Å². The molecule has 0 aliphatic carbocycles. The van der Waals surface area contributed by atoms with Gasteiger partial charge in [0.1, 0.15) is 11.3 Å². The standard InChI is InChI=1S/C25H25N3O4/c1-28-15-17(7-10-22(28)29)18-8-9-19-23(27-25(26-19)16-11-13-31-14-12-16)24(18)32-21-6-4-3-5-20(21)30-2/h3-10,15-16H,11-14H2,1-2H3,(H,26,27). The van der Waals surface area contributed by atoms with Gasteiger partial charge in [-0.2, -0.15) is 0 Å². The molecule has 1 fully saturated rings. The van der Waals surface area contributed by atoms with Crippen molar-refractivity contribution in [2.75, 3.05) is 20.3 Å². The lowest BCUT2D eigenvalue weighted by Gasteiger charge is -2.19. The van der Waals surface area contributed by atoms with Gasteiger partial charge in [-0.05, 0) is 43.2 Å². The molecule has 1 N–H and O–H groups in total. The monoisotopic (exact) mass is 431 g/mol. The molecular weight excluding hydrogens is 406 g/mol. The molecule has 2 aromatic carbocycles. The van der Waals surface area contributed by atoms with Crippen molar-refractivity contribution in [1.29, 1.82) is 0 Å². The number of aromatic nitrogens is 3. The SMILES string of the molecule is COc1ccccc1Oc1c(-c2ccc(=O)n(C)c2)ccc2[nH]c(C3CCOCC3)nc12. The van der Waals surface area contributed by atoms with Gasteiger partial charge in [-0.15, -0.1) is 0 Å². The van der Waals surface area contributed by atoms with Crippen molar-refractivity contribution in [2.24, 2.45) is 7.05 Å². The van der Waals surface area contributed by atoms with E-state index < -0.39 is 0 Å². The van der Waals surface area contributed by atoms with E-state index in [0.29, 0.717) is 23.2 Å². The first-order valence-corrected chi connectivity index (χ1v) is 10.7. The highest BCUT2D eigenvalue weighted by Crippen LogP contribution is 2.41. The minimum atomic E-state index is -0.0661. The van der Waals surface area contributed by atoms with Gasteiger partial charge in [0.05, 0.1) is 12.6 Å². The maximum Gasteiger partial charge on any atom is 0.250 e. The molecule has 0 amide bonds. The highest BCUT2D eigenvalue weighted by Gasteiger charge is 2.23. The molecule has 3 heterocycles. The summed E-state index contributed by atoms with van der Waals surface area (Å²) < 4.78 is 19.0. The van der Waals surface area contributed by atoms with Crippen LogP contribution in [0.2, 0.25) is 0 Å². The fourth-order valence-corrected chi connectivity index (χ4v) is 4.13. The molecule has 0 spiro atoms. The fourth-order valence-electron chi connectivity index (χ4n) is 4.13. The number of H-pyrrole nitrogens is 1. The van der Waals surface area contributed by atoms with E-state index in [-0.39, 0.29) is 5.56 Å². The van der Waals surface area contributed by atoms with Crippen LogP contribution in [-0.4, -0.2) is 34.9 Å². The molecule has 0 atom stereocenters. The molecule has 5 rings (SSSR count). The number of benzene rings is 2. The van der Waals surface area contributed by atoms with Gasteiger partial charge >= 0.3 is 0 Å². The van der Waals surface area contributed by atoms with Gasteiger partial charge < -0.3 is 23.8 Å². The molecule has 0 bridgehead atoms. The van der Waals surface area contributed by atoms with Crippen LogP contribution < -0.4 is 15.0 Å². The zero-order chi connectivity index (χ0) is 22.1. The van der Waals surface area contributed by atoms with E-state index in [2.05, 4.69) is 4.98 Å². The molecule has 1 aliphatic heterocycles. The van der Waals surface area contributed by atoms with Crippen LogP contribution in [0.25, 0.3) is 22.2 Å². The zero-order valence-corrected chi connectivity index (χ0v) is 18.1. The second-order valence-electron chi connectivity index (χ2n) is 7.97. The van der Waals surface area contributed by atoms with Crippen molar-refractivity contribution in [2.45, 2.75) is 18.8 Å². The van der Waals surface area contributed by atoms with Crippen LogP contribution in [-0.2, 0) is 11.8 Å². The van der Waals surface area contributed by atoms with E-state index in [0.717, 1.165) is 54.0 Å². The lowest BCUT2D eigenvalue weighted by molar-refractivity contribution is 0.0838. The summed E-state index contributed by atoms with van der Waals surface area (Å²) in [5, 5.41) is 0. The van der Waals surface area contributed by atoms with Gasteiger partial charge in [0, 0.05) is 49.6 Å². The average molecular weight is 431 g/mol. The summed E-state index contributed by atoms with van der Waals surface area (Å²) in [6.07, 6.45) is 3.69. The second kappa shape index (κ2) is 8.51. The van der Waals surface area contributed by atoms with E-state index in [1.165, 1.54) is 0 Å². The Hall–Kier alpha value is -3.58. The number of fused-ring (bicyclic) bond motifs is 1. The Morgan fingerprint density at radius 3 is 2.59 bits per heavy atom. The molecule has 164 valence electrons. The Bertz CT molecular complexity index is 1320. The molecule has 32 heavy (non-hydrogen) atoms. The third-order valence-corrected chi connectivity index (χ3v) is 5.91. The van der Waals surface area contributed by atoms with Crippen molar-refractivity contribution < 1.29 is 14.2 Å². The number of nitrogens with one attached hydrogen (secondary N) is 1. The summed E-state index contributed by atoms with van der Waals surface area (Å²) in [6.45, 7) is 1.49. The maximum absolute atomic E-state index is 11.9. The topological polar surface area (TPSA) is 78.4 Å². The van der Waals surface area contributed by atoms with Crippen LogP contribution in [0.3, 0.4) is 0 Å². The summed E-state index contributed by atoms with van der Waals surface area (Å²) in [7, 11) is 3.36. The predicted molar refractivity (Wildman–Crippen MR) is 123 cm³/mol. The lowest BCUT2D eigenvalue weighted by Crippen LogP contribution is -2.15. The number of ether oxygens (including phenoxy) is 3. The Morgan fingerprint density at radius 2 is 1.84 bits per heavy atom. The third-order valence-electron chi connectivity index (χ3n) is 5.91. The summed E-state index contributed by atoms with van der Waals surface area (Å²) in [4.78, 5) is 20.4. The van der Waals surface area contributed by atoms with Gasteiger partial charge in [0.2, 0.25) is 5.56 Å². The predicted octanol–water partition coefficient (Wildman–Crippen LogP) is 4.62. The number of aromatic amines is 1. The van der Waals surface area contributed by atoms with Crippen molar-refractivity contribution in [3.8, 4) is 28.4 Å². The first-order valence-electron chi connectivity index (χ1n) is 10.7. The van der Waals surface area contributed by atoms with E-state index in [9.17, 15) is 4.79 Å². The molecule has 7 nitrogen and oxygen atoms in total. The molecule has 1 saturated heterocycles. The molecule has 0 unspecified atom stereocenters. The normalized spacial score (nSPS) is 14.6. The summed E-state index contributed by atoms with van der Waals surface area (Å²) in [6, 6.07) is 14.9. The molecule has 0 radical (unpaired) electrons. The number of hydrogen-bond donors (Lipinski definition) is 1. The number of imidazole rings is 1. The molecule has 0 saturated carbocycles. The van der Waals surface area contributed by atoms with Gasteiger partial charge in [-0.3, -0.25) is 4.79 Å². The minimum absolute atomic E-state index is 0.0661. The van der Waals surface area contributed by atoms with Crippen LogP contribution in [0, 0.1) is 0 Å². The van der Waals surface area contributed by atoms with Crippen molar-refractivity contribution >= 4 is 11.0 Å². The second-order valence-corrected chi connectivity index (χ2v) is 7.97. The summed E-state index contributed by atoms with van der Waals surface area (Å²) in [5.41, 5.74) is 3.32. The van der Waals surface area contributed by atoms with Crippen LogP contribution in [0.15, 0.2) is 59.5 Å². The van der Waals surface area contributed by atoms with E-state index in [1.54, 1.807) is 24.8 Å². The molecule has 4 aromatic rings. The molecule has 1 aliphatic rings. The quantitative estimate of drug-likeness (QED) is 0.499. The smallest absolute Gasteiger partial charge is 0.250 e. The third kappa shape index (κ3) is 3.76. The fraction of sp³-hybridized carbons (Fsp3) is 0.280. The Kier molecular flexibility index (Phi) is 5.41. The van der Waals surface area contributed by atoms with Gasteiger partial charge in [-0.1, -0.05) is 12.1 Å². The Labute approximate surface area is 185 Å². The minimum Gasteiger partial charge on any atom is -0.493 e. The number of aryl methyl sites for hydroxylation is 1. The molecule has 7 heteroatoms. The number of methoxy groups -OCH3 is 1. The van der Waals surface area contributed by atoms with Gasteiger partial charge in [-0.25, -0.2) is 4.98 Å². The van der Waals surface area contributed by atoms with Crippen molar-refractivity contribution in [3.63, 3.8) is 0 Å². The van der Waals surface area contributed by atoms with Crippen LogP contribution in [0.1, 0.15) is 24.6 Å². The average Bonchev–Trinajstić information content (AvgIpc) is 3.27. The molecular formula is C25H25N3O4. The first kappa shape index (κ1) is 20.3. The van der Waals surface area contributed by atoms with E-state index >= 15 is 0 Å². The summed E-state index contributed by atoms with van der Waals surface area (Å²) in [5.74, 6) is 3.14. The van der Waals surface area contributed by atoms with Crippen molar-refractivity contribution in [3.05, 3.63) is 70.9 Å². The van der Waals surface area contributed by atoms with Crippen LogP contribution in [0.4, 0.5) is 0 Å². The number of rotatable bonds is 5. The molecule has 2 aromatic heterocycles. The first-order chi connectivity index (χ1) is 15.6. The maximum atomic E-state index is 11.9. The number of hydrogen-bond acceptors (Lipinski definition) is 5. The highest BCUT2D eigenvalue weighted by atomic mass is 16.5. The number of pyridine rings is 1. The largest absolute Gasteiger partial charge is 0.493 e. The highest BCUT2D eigenvalue weighted by molar-refractivity contribution is 5.91. The van der Waals surface area contributed by atoms with Gasteiger partial charge in [0.15, 0.2) is 17.2 Å². The lowest BCUT2D eigenvalue weighted by atomic mass is 10.00. The van der Waals surface area contributed by atoms with Crippen LogP contribution in [0.5, 0.6) is 17.2 Å². The number of nitrogens with zero attached hydrogens (tertiary/aromatic N) is 2. The Morgan fingerprint density at radius 1 is 1.06 bits per heavy atom. The number of para-hydroxylation sites is 2. The Balaban J connectivity index is 1.68. The van der Waals surface area contributed by atoms with E-state index in [4.69, 9.17) is 19.2 Å². The summed E-state index contributed by atoms with van der Waals surface area (Å²) >= 11 is 0.